The first kappa shape index (κ1) is 16.5. The molecule has 1 saturated heterocycles. The third-order valence-corrected chi connectivity index (χ3v) is 5.10. The number of carbonyl (C=O) groups is 1. The highest BCUT2D eigenvalue weighted by Crippen LogP contribution is 2.26. The van der Waals surface area contributed by atoms with Crippen molar-refractivity contribution < 1.29 is 9.53 Å². The van der Waals surface area contributed by atoms with Crippen LogP contribution in [0.5, 0.6) is 5.75 Å². The summed E-state index contributed by atoms with van der Waals surface area (Å²) in [4.78, 5) is 21.3. The quantitative estimate of drug-likeness (QED) is 0.910. The number of amides is 1. The van der Waals surface area contributed by atoms with Crippen LogP contribution in [0, 0.1) is 6.92 Å². The molecule has 0 atom stereocenters. The maximum absolute atomic E-state index is 12.8. The number of anilines is 2. The Bertz CT molecular complexity index is 725. The molecule has 0 aromatic carbocycles. The van der Waals surface area contributed by atoms with Gasteiger partial charge in [0, 0.05) is 45.5 Å². The van der Waals surface area contributed by atoms with E-state index in [2.05, 4.69) is 19.6 Å². The molecule has 0 radical (unpaired) electrons. The van der Waals surface area contributed by atoms with Crippen molar-refractivity contribution in [1.82, 2.24) is 14.3 Å². The lowest BCUT2D eigenvalue weighted by Crippen LogP contribution is -2.49. The van der Waals surface area contributed by atoms with E-state index < -0.39 is 0 Å². The van der Waals surface area contributed by atoms with Gasteiger partial charge in [-0.25, -0.2) is 4.98 Å². The molecule has 8 heteroatoms. The molecule has 128 valence electrons. The largest absolute Gasteiger partial charge is 0.497 e. The van der Waals surface area contributed by atoms with Gasteiger partial charge in [-0.1, -0.05) is 0 Å². The summed E-state index contributed by atoms with van der Waals surface area (Å²) in [6.07, 6.45) is 1.74. The second-order valence-electron chi connectivity index (χ2n) is 5.56. The number of aromatic nitrogens is 2. The molecule has 2 aromatic rings. The zero-order valence-electron chi connectivity index (χ0n) is 14.1. The lowest BCUT2D eigenvalue weighted by atomic mass is 10.2. The van der Waals surface area contributed by atoms with Crippen LogP contribution in [-0.4, -0.2) is 60.5 Å². The van der Waals surface area contributed by atoms with Crippen molar-refractivity contribution in [3.8, 4) is 5.75 Å². The summed E-state index contributed by atoms with van der Waals surface area (Å²) in [7, 11) is 3.46. The van der Waals surface area contributed by atoms with E-state index in [4.69, 9.17) is 4.74 Å². The molecule has 7 nitrogen and oxygen atoms in total. The third-order valence-electron chi connectivity index (χ3n) is 4.15. The van der Waals surface area contributed by atoms with Gasteiger partial charge in [-0.3, -0.25) is 4.79 Å². The number of pyridine rings is 1. The normalized spacial score (nSPS) is 14.6. The summed E-state index contributed by atoms with van der Waals surface area (Å²) in [6, 6.07) is 3.75. The number of methoxy groups -OCH3 is 1. The van der Waals surface area contributed by atoms with Crippen molar-refractivity contribution >= 4 is 28.3 Å². The second-order valence-corrected chi connectivity index (χ2v) is 6.33. The second kappa shape index (κ2) is 7.04. The van der Waals surface area contributed by atoms with Crippen molar-refractivity contribution in [2.45, 2.75) is 6.92 Å². The Hall–Kier alpha value is -2.35. The molecular formula is C16H21N5O2S. The minimum absolute atomic E-state index is 0.0452. The maximum Gasteiger partial charge on any atom is 0.258 e. The van der Waals surface area contributed by atoms with Crippen LogP contribution in [0.4, 0.5) is 10.8 Å². The van der Waals surface area contributed by atoms with Crippen LogP contribution < -0.4 is 15.0 Å². The van der Waals surface area contributed by atoms with Gasteiger partial charge >= 0.3 is 0 Å². The van der Waals surface area contributed by atoms with Gasteiger partial charge in [-0.05, 0) is 24.5 Å². The van der Waals surface area contributed by atoms with E-state index in [1.54, 1.807) is 13.3 Å². The van der Waals surface area contributed by atoms with Crippen molar-refractivity contribution in [2.75, 3.05) is 50.6 Å². The summed E-state index contributed by atoms with van der Waals surface area (Å²) >= 11 is 1.33. The summed E-state index contributed by atoms with van der Waals surface area (Å²) in [5.74, 6) is 1.71. The molecule has 2 aromatic heterocycles. The zero-order valence-corrected chi connectivity index (χ0v) is 14.9. The fourth-order valence-electron chi connectivity index (χ4n) is 2.79. The van der Waals surface area contributed by atoms with Crippen molar-refractivity contribution in [3.05, 3.63) is 29.6 Å². The first-order valence-corrected chi connectivity index (χ1v) is 8.59. The van der Waals surface area contributed by atoms with Crippen LogP contribution in [0.2, 0.25) is 0 Å². The Kier molecular flexibility index (Phi) is 4.84. The van der Waals surface area contributed by atoms with Crippen LogP contribution in [-0.2, 0) is 0 Å². The van der Waals surface area contributed by atoms with Gasteiger partial charge in [-0.2, -0.15) is 4.37 Å². The van der Waals surface area contributed by atoms with Gasteiger partial charge in [0.25, 0.3) is 5.91 Å². The Morgan fingerprint density at radius 2 is 2.08 bits per heavy atom. The number of ether oxygens (including phenoxy) is 1. The molecule has 0 unspecified atom stereocenters. The van der Waals surface area contributed by atoms with Gasteiger partial charge in [0.05, 0.1) is 18.4 Å². The smallest absolute Gasteiger partial charge is 0.258 e. The average Bonchev–Trinajstić information content (AvgIpc) is 3.02. The highest BCUT2D eigenvalue weighted by Gasteiger charge is 2.27. The van der Waals surface area contributed by atoms with E-state index in [-0.39, 0.29) is 5.91 Å². The molecule has 0 saturated carbocycles. The minimum Gasteiger partial charge on any atom is -0.497 e. The predicted octanol–water partition coefficient (Wildman–Crippen LogP) is 1.86. The number of nitrogens with one attached hydrogen (secondary N) is 1. The molecule has 3 rings (SSSR count). The minimum atomic E-state index is 0.0452. The predicted molar refractivity (Wildman–Crippen MR) is 95.3 cm³/mol. The summed E-state index contributed by atoms with van der Waals surface area (Å²) < 4.78 is 9.53. The molecule has 3 heterocycles. The zero-order chi connectivity index (χ0) is 17.1. The monoisotopic (exact) mass is 347 g/mol. The molecule has 1 amide bonds. The fraction of sp³-hybridized carbons (Fsp3) is 0.438. The van der Waals surface area contributed by atoms with Gasteiger partial charge in [0.1, 0.15) is 16.6 Å². The molecule has 1 aliphatic heterocycles. The van der Waals surface area contributed by atoms with Gasteiger partial charge in [-0.15, -0.1) is 0 Å². The molecule has 0 bridgehead atoms. The molecule has 1 fully saturated rings. The number of nitrogens with zero attached hydrogens (tertiary/aromatic N) is 4. The van der Waals surface area contributed by atoms with Crippen LogP contribution in [0.15, 0.2) is 18.3 Å². The molecule has 1 aliphatic rings. The van der Waals surface area contributed by atoms with Crippen molar-refractivity contribution in [3.63, 3.8) is 0 Å². The first-order valence-electron chi connectivity index (χ1n) is 7.82. The number of aryl methyl sites for hydroxylation is 1. The number of hydrogen-bond donors (Lipinski definition) is 1. The summed E-state index contributed by atoms with van der Waals surface area (Å²) in [5.41, 5.74) is 1.47. The maximum atomic E-state index is 12.8. The van der Waals surface area contributed by atoms with Crippen LogP contribution in [0.25, 0.3) is 0 Å². The summed E-state index contributed by atoms with van der Waals surface area (Å²) in [6.45, 7) is 4.70. The Labute approximate surface area is 145 Å². The molecule has 24 heavy (non-hydrogen) atoms. The van der Waals surface area contributed by atoms with Crippen molar-refractivity contribution in [2.24, 2.45) is 0 Å². The first-order chi connectivity index (χ1) is 11.6. The Morgan fingerprint density at radius 3 is 2.75 bits per heavy atom. The van der Waals surface area contributed by atoms with E-state index in [0.717, 1.165) is 35.4 Å². The number of rotatable bonds is 4. The standard InChI is InChI=1S/C16H21N5O2S/c1-11-14(15(17-2)24-19-11)16(22)21-8-6-20(7-9-21)13-10-12(23-3)4-5-18-13/h4-5,10,17H,6-9H2,1-3H3. The topological polar surface area (TPSA) is 70.6 Å². The number of carbonyl (C=O) groups excluding carboxylic acids is 1. The Morgan fingerprint density at radius 1 is 1.33 bits per heavy atom. The highest BCUT2D eigenvalue weighted by molar-refractivity contribution is 7.10. The van der Waals surface area contributed by atoms with E-state index >= 15 is 0 Å². The van der Waals surface area contributed by atoms with E-state index in [1.807, 2.05) is 31.0 Å². The molecule has 1 N–H and O–H groups in total. The fourth-order valence-corrected chi connectivity index (χ4v) is 3.53. The number of piperazine rings is 1. The van der Waals surface area contributed by atoms with Gasteiger partial charge < -0.3 is 19.9 Å². The SMILES string of the molecule is CNc1snc(C)c1C(=O)N1CCN(c2cc(OC)ccn2)CC1. The van der Waals surface area contributed by atoms with Crippen molar-refractivity contribution in [1.29, 1.82) is 0 Å². The third kappa shape index (κ3) is 3.14. The van der Waals surface area contributed by atoms with E-state index in [9.17, 15) is 4.79 Å². The molecular weight excluding hydrogens is 326 g/mol. The lowest BCUT2D eigenvalue weighted by molar-refractivity contribution is 0.0747. The van der Waals surface area contributed by atoms with Crippen LogP contribution in [0.3, 0.4) is 0 Å². The number of hydrogen-bond acceptors (Lipinski definition) is 7. The van der Waals surface area contributed by atoms with Crippen LogP contribution in [0.1, 0.15) is 16.1 Å². The van der Waals surface area contributed by atoms with Gasteiger partial charge in [0.2, 0.25) is 0 Å². The van der Waals surface area contributed by atoms with E-state index in [0.29, 0.717) is 18.7 Å². The Balaban J connectivity index is 1.68. The van der Waals surface area contributed by atoms with Gasteiger partial charge in [0.15, 0.2) is 0 Å². The van der Waals surface area contributed by atoms with Crippen LogP contribution >= 0.6 is 11.5 Å². The lowest BCUT2D eigenvalue weighted by Gasteiger charge is -2.35. The molecule has 0 aliphatic carbocycles. The highest BCUT2D eigenvalue weighted by atomic mass is 32.1. The summed E-state index contributed by atoms with van der Waals surface area (Å²) in [5, 5.41) is 3.89. The molecule has 0 spiro atoms. The average molecular weight is 347 g/mol. The van der Waals surface area contributed by atoms with E-state index in [1.165, 1.54) is 11.5 Å².